The van der Waals surface area contributed by atoms with E-state index in [1.807, 2.05) is 43.3 Å². The minimum Gasteiger partial charge on any atom is -0.497 e. The van der Waals surface area contributed by atoms with Crippen molar-refractivity contribution in [2.75, 3.05) is 20.8 Å². The molecule has 0 fully saturated rings. The van der Waals surface area contributed by atoms with E-state index >= 15 is 0 Å². The number of para-hydroxylation sites is 1. The number of hydrogen-bond acceptors (Lipinski definition) is 5. The largest absolute Gasteiger partial charge is 0.497 e. The lowest BCUT2D eigenvalue weighted by molar-refractivity contribution is 0.0965. The molecule has 6 nitrogen and oxygen atoms in total. The van der Waals surface area contributed by atoms with E-state index in [4.69, 9.17) is 14.2 Å². The number of methoxy groups -OCH3 is 2. The van der Waals surface area contributed by atoms with Gasteiger partial charge in [0.15, 0.2) is 0 Å². The third-order valence-corrected chi connectivity index (χ3v) is 4.12. The van der Waals surface area contributed by atoms with Crippen LogP contribution in [-0.2, 0) is 0 Å². The number of benzene rings is 2. The molecule has 3 rings (SSSR count). The third kappa shape index (κ3) is 4.23. The number of amides is 1. The number of nitrogens with zero attached hydrogens (tertiary/aromatic N) is 1. The molecular formula is C22H22N2O4. The van der Waals surface area contributed by atoms with E-state index in [9.17, 15) is 4.79 Å². The van der Waals surface area contributed by atoms with Crippen molar-refractivity contribution < 1.29 is 19.0 Å². The molecule has 0 spiro atoms. The van der Waals surface area contributed by atoms with E-state index in [1.165, 1.54) is 0 Å². The number of carbonyl (C=O) groups excluding carboxylic acids is 1. The lowest BCUT2D eigenvalue weighted by Crippen LogP contribution is -2.18. The number of aromatic nitrogens is 1. The third-order valence-electron chi connectivity index (χ3n) is 4.12. The van der Waals surface area contributed by atoms with Crippen LogP contribution in [0.1, 0.15) is 23.0 Å². The molecule has 144 valence electrons. The summed E-state index contributed by atoms with van der Waals surface area (Å²) in [6.45, 7) is 2.37. The summed E-state index contributed by atoms with van der Waals surface area (Å²) < 4.78 is 16.2. The second-order valence-electron chi connectivity index (χ2n) is 5.88. The van der Waals surface area contributed by atoms with Gasteiger partial charge in [-0.2, -0.15) is 0 Å². The number of ether oxygens (including phenoxy) is 3. The molecule has 0 aliphatic carbocycles. The van der Waals surface area contributed by atoms with Crippen molar-refractivity contribution >= 4 is 22.9 Å². The van der Waals surface area contributed by atoms with Crippen LogP contribution < -0.4 is 19.5 Å². The minimum atomic E-state index is -0.335. The second-order valence-corrected chi connectivity index (χ2v) is 5.88. The standard InChI is InChI=1S/C22H22N2O4/c1-4-28-20-14-18(24-21-17(20)6-5-7-19(21)27-3)22(25)23-13-12-15-8-10-16(26-2)11-9-15/h5-14H,4H2,1-3H3,(H,23,25)/b13-12+. The van der Waals surface area contributed by atoms with Crippen molar-refractivity contribution in [3.05, 3.63) is 66.0 Å². The summed E-state index contributed by atoms with van der Waals surface area (Å²) in [6.07, 6.45) is 3.38. The van der Waals surface area contributed by atoms with Crippen molar-refractivity contribution in [2.45, 2.75) is 6.92 Å². The van der Waals surface area contributed by atoms with Gasteiger partial charge in [-0.3, -0.25) is 4.79 Å². The fourth-order valence-electron chi connectivity index (χ4n) is 2.75. The molecule has 28 heavy (non-hydrogen) atoms. The molecule has 0 radical (unpaired) electrons. The summed E-state index contributed by atoms with van der Waals surface area (Å²) in [7, 11) is 3.19. The van der Waals surface area contributed by atoms with Crippen LogP contribution in [0.4, 0.5) is 0 Å². The number of fused-ring (bicyclic) bond motifs is 1. The molecule has 0 saturated carbocycles. The number of rotatable bonds is 7. The van der Waals surface area contributed by atoms with Gasteiger partial charge in [0.2, 0.25) is 0 Å². The van der Waals surface area contributed by atoms with Crippen LogP contribution in [0.15, 0.2) is 54.7 Å². The quantitative estimate of drug-likeness (QED) is 0.672. The predicted octanol–water partition coefficient (Wildman–Crippen LogP) is 4.05. The van der Waals surface area contributed by atoms with Gasteiger partial charge >= 0.3 is 0 Å². The van der Waals surface area contributed by atoms with Crippen molar-refractivity contribution in [2.24, 2.45) is 0 Å². The Hall–Kier alpha value is -3.54. The van der Waals surface area contributed by atoms with Gasteiger partial charge in [0.1, 0.15) is 28.5 Å². The van der Waals surface area contributed by atoms with Crippen LogP contribution in [0.25, 0.3) is 17.0 Å². The van der Waals surface area contributed by atoms with E-state index in [0.717, 1.165) is 16.7 Å². The molecule has 0 aliphatic heterocycles. The first-order valence-electron chi connectivity index (χ1n) is 8.88. The van der Waals surface area contributed by atoms with Gasteiger partial charge in [-0.1, -0.05) is 18.2 Å². The average Bonchev–Trinajstić information content (AvgIpc) is 2.73. The Kier molecular flexibility index (Phi) is 6.11. The summed E-state index contributed by atoms with van der Waals surface area (Å²) in [5, 5.41) is 3.54. The van der Waals surface area contributed by atoms with E-state index in [-0.39, 0.29) is 11.6 Å². The first-order chi connectivity index (χ1) is 13.7. The van der Waals surface area contributed by atoms with Crippen molar-refractivity contribution in [1.82, 2.24) is 10.3 Å². The molecular weight excluding hydrogens is 356 g/mol. The highest BCUT2D eigenvalue weighted by atomic mass is 16.5. The van der Waals surface area contributed by atoms with E-state index < -0.39 is 0 Å². The maximum atomic E-state index is 12.6. The van der Waals surface area contributed by atoms with Crippen LogP contribution in [0.5, 0.6) is 17.2 Å². The maximum Gasteiger partial charge on any atom is 0.273 e. The minimum absolute atomic E-state index is 0.250. The topological polar surface area (TPSA) is 69.7 Å². The van der Waals surface area contributed by atoms with Crippen LogP contribution in [-0.4, -0.2) is 31.7 Å². The Balaban J connectivity index is 1.84. The second kappa shape index (κ2) is 8.90. The van der Waals surface area contributed by atoms with E-state index in [0.29, 0.717) is 23.6 Å². The number of pyridine rings is 1. The molecule has 1 amide bonds. The molecule has 0 atom stereocenters. The van der Waals surface area contributed by atoms with Crippen molar-refractivity contribution in [3.63, 3.8) is 0 Å². The van der Waals surface area contributed by atoms with Gasteiger partial charge in [-0.25, -0.2) is 4.98 Å². The lowest BCUT2D eigenvalue weighted by atomic mass is 10.1. The molecule has 3 aromatic rings. The molecule has 0 bridgehead atoms. The van der Waals surface area contributed by atoms with Gasteiger partial charge in [0.25, 0.3) is 5.91 Å². The van der Waals surface area contributed by atoms with Crippen LogP contribution >= 0.6 is 0 Å². The normalized spacial score (nSPS) is 10.8. The Morgan fingerprint density at radius 1 is 1.07 bits per heavy atom. The predicted molar refractivity (Wildman–Crippen MR) is 109 cm³/mol. The number of carbonyl (C=O) groups is 1. The van der Waals surface area contributed by atoms with E-state index in [1.54, 1.807) is 38.6 Å². The van der Waals surface area contributed by atoms with Crippen LogP contribution in [0.3, 0.4) is 0 Å². The molecule has 2 aromatic carbocycles. The SMILES string of the molecule is CCOc1cc(C(=O)N/C=C/c2ccc(OC)cc2)nc2c(OC)cccc12. The average molecular weight is 378 g/mol. The molecule has 0 unspecified atom stereocenters. The number of hydrogen-bond donors (Lipinski definition) is 1. The molecule has 0 saturated heterocycles. The Bertz CT molecular complexity index is 997. The Labute approximate surface area is 163 Å². The van der Waals surface area contributed by atoms with Gasteiger partial charge < -0.3 is 19.5 Å². The Morgan fingerprint density at radius 3 is 2.54 bits per heavy atom. The zero-order chi connectivity index (χ0) is 19.9. The molecule has 6 heteroatoms. The van der Waals surface area contributed by atoms with Gasteiger partial charge in [0.05, 0.1) is 20.8 Å². The highest BCUT2D eigenvalue weighted by Crippen LogP contribution is 2.31. The van der Waals surface area contributed by atoms with Crippen molar-refractivity contribution in [1.29, 1.82) is 0 Å². The maximum absolute atomic E-state index is 12.6. The summed E-state index contributed by atoms with van der Waals surface area (Å²) >= 11 is 0. The summed E-state index contributed by atoms with van der Waals surface area (Å²) in [5.74, 6) is 1.62. The molecule has 0 aliphatic rings. The van der Waals surface area contributed by atoms with Crippen molar-refractivity contribution in [3.8, 4) is 17.2 Å². The Morgan fingerprint density at radius 2 is 1.86 bits per heavy atom. The summed E-state index contributed by atoms with van der Waals surface area (Å²) in [5.41, 5.74) is 1.77. The molecule has 1 heterocycles. The summed E-state index contributed by atoms with van der Waals surface area (Å²) in [6, 6.07) is 14.7. The van der Waals surface area contributed by atoms with Crippen LogP contribution in [0.2, 0.25) is 0 Å². The molecule has 1 N–H and O–H groups in total. The first kappa shape index (κ1) is 19.2. The summed E-state index contributed by atoms with van der Waals surface area (Å²) in [4.78, 5) is 17.1. The number of nitrogens with one attached hydrogen (secondary N) is 1. The lowest BCUT2D eigenvalue weighted by Gasteiger charge is -2.11. The smallest absolute Gasteiger partial charge is 0.273 e. The molecule has 1 aromatic heterocycles. The van der Waals surface area contributed by atoms with Gasteiger partial charge in [-0.05, 0) is 42.8 Å². The highest BCUT2D eigenvalue weighted by Gasteiger charge is 2.14. The van der Waals surface area contributed by atoms with Gasteiger partial charge in [-0.15, -0.1) is 0 Å². The highest BCUT2D eigenvalue weighted by molar-refractivity contribution is 5.99. The van der Waals surface area contributed by atoms with Gasteiger partial charge in [0, 0.05) is 17.7 Å². The fourth-order valence-corrected chi connectivity index (χ4v) is 2.75. The zero-order valence-corrected chi connectivity index (χ0v) is 16.1. The van der Waals surface area contributed by atoms with E-state index in [2.05, 4.69) is 10.3 Å². The first-order valence-corrected chi connectivity index (χ1v) is 8.88. The fraction of sp³-hybridized carbons (Fsp3) is 0.182. The monoisotopic (exact) mass is 378 g/mol. The zero-order valence-electron chi connectivity index (χ0n) is 16.1. The van der Waals surface area contributed by atoms with Crippen LogP contribution in [0, 0.1) is 0 Å².